The fourth-order valence-corrected chi connectivity index (χ4v) is 4.39. The summed E-state index contributed by atoms with van der Waals surface area (Å²) >= 11 is 0. The Labute approximate surface area is 194 Å². The van der Waals surface area contributed by atoms with Gasteiger partial charge in [-0.2, -0.15) is 0 Å². The Morgan fingerprint density at radius 2 is 1.76 bits per heavy atom. The number of hydrogen-bond acceptors (Lipinski definition) is 3. The number of nitrogens with zero attached hydrogens (tertiary/aromatic N) is 4. The van der Waals surface area contributed by atoms with E-state index in [1.54, 1.807) is 0 Å². The number of piperazine rings is 1. The van der Waals surface area contributed by atoms with Crippen LogP contribution in [-0.2, 0) is 6.54 Å². The van der Waals surface area contributed by atoms with Gasteiger partial charge in [0.2, 0.25) is 0 Å². The number of halogens is 1. The molecule has 1 N–H and O–H groups in total. The molecule has 0 aliphatic carbocycles. The first-order valence-corrected chi connectivity index (χ1v) is 11.2. The number of rotatable bonds is 7. The lowest BCUT2D eigenvalue weighted by molar-refractivity contribution is 0.126. The number of unbranched alkanes of at least 4 members (excludes halogenated alkanes) is 1. The van der Waals surface area contributed by atoms with Crippen LogP contribution in [0.5, 0.6) is 0 Å². The van der Waals surface area contributed by atoms with Gasteiger partial charge < -0.3 is 15.1 Å². The highest BCUT2D eigenvalue weighted by Gasteiger charge is 2.19. The second kappa shape index (κ2) is 13.4. The highest BCUT2D eigenvalue weighted by Crippen LogP contribution is 2.15. The number of piperidine rings is 1. The van der Waals surface area contributed by atoms with Crippen LogP contribution in [0.1, 0.15) is 38.2 Å². The van der Waals surface area contributed by atoms with Crippen molar-refractivity contribution in [1.29, 1.82) is 0 Å². The van der Waals surface area contributed by atoms with Crippen molar-refractivity contribution in [2.45, 2.75) is 39.2 Å². The van der Waals surface area contributed by atoms with Gasteiger partial charge in [-0.05, 0) is 43.7 Å². The lowest BCUT2D eigenvalue weighted by Crippen LogP contribution is -2.47. The van der Waals surface area contributed by atoms with Gasteiger partial charge >= 0.3 is 0 Å². The molecule has 6 heteroatoms. The Kier molecular flexibility index (Phi) is 11.3. The Morgan fingerprint density at radius 3 is 2.45 bits per heavy atom. The minimum absolute atomic E-state index is 0. The molecule has 2 heterocycles. The second-order valence-electron chi connectivity index (χ2n) is 8.48. The van der Waals surface area contributed by atoms with Gasteiger partial charge in [0, 0.05) is 59.4 Å². The van der Waals surface area contributed by atoms with E-state index in [-0.39, 0.29) is 24.0 Å². The van der Waals surface area contributed by atoms with Crippen LogP contribution in [0.25, 0.3) is 0 Å². The number of hydrogen-bond donors (Lipinski definition) is 1. The number of nitrogens with one attached hydrogen (secondary N) is 1. The number of likely N-dealkylation sites (tertiary alicyclic amines) is 1. The van der Waals surface area contributed by atoms with Crippen LogP contribution in [0.3, 0.4) is 0 Å². The van der Waals surface area contributed by atoms with Crippen molar-refractivity contribution in [3.8, 4) is 0 Å². The van der Waals surface area contributed by atoms with E-state index in [9.17, 15) is 0 Å². The molecule has 1 aromatic rings. The van der Waals surface area contributed by atoms with Gasteiger partial charge in [0.1, 0.15) is 0 Å². The topological polar surface area (TPSA) is 34.1 Å². The van der Waals surface area contributed by atoms with Gasteiger partial charge in [-0.3, -0.25) is 9.89 Å². The third kappa shape index (κ3) is 8.42. The van der Waals surface area contributed by atoms with Gasteiger partial charge in [-0.25, -0.2) is 0 Å². The van der Waals surface area contributed by atoms with E-state index < -0.39 is 0 Å². The van der Waals surface area contributed by atoms with Crippen molar-refractivity contribution in [3.05, 3.63) is 35.9 Å². The molecule has 2 aliphatic rings. The Morgan fingerprint density at radius 1 is 1.03 bits per heavy atom. The molecule has 2 saturated heterocycles. The molecule has 1 aromatic carbocycles. The third-order valence-electron chi connectivity index (χ3n) is 6.07. The molecule has 0 aromatic heterocycles. The second-order valence-corrected chi connectivity index (χ2v) is 8.48. The van der Waals surface area contributed by atoms with Gasteiger partial charge in [-0.1, -0.05) is 37.3 Å². The standard InChI is InChI=1S/C23H39N5.HI/c1-21-9-8-14-28(19-21)23(24-2)25-12-6-7-13-26-15-17-27(18-16-26)20-22-10-4-3-5-11-22;/h3-5,10-11,21H,6-9,12-20H2,1-2H3,(H,24,25);1H. The Hall–Kier alpha value is -0.860. The molecule has 0 amide bonds. The van der Waals surface area contributed by atoms with Crippen LogP contribution in [0.4, 0.5) is 0 Å². The van der Waals surface area contributed by atoms with Crippen LogP contribution in [-0.4, -0.2) is 80.1 Å². The predicted octanol–water partition coefficient (Wildman–Crippen LogP) is 3.51. The third-order valence-corrected chi connectivity index (χ3v) is 6.07. The molecule has 3 rings (SSSR count). The summed E-state index contributed by atoms with van der Waals surface area (Å²) in [5.41, 5.74) is 1.43. The van der Waals surface area contributed by atoms with Crippen molar-refractivity contribution < 1.29 is 0 Å². The maximum atomic E-state index is 4.49. The lowest BCUT2D eigenvalue weighted by Gasteiger charge is -2.35. The first kappa shape index (κ1) is 24.4. The largest absolute Gasteiger partial charge is 0.356 e. The van der Waals surface area contributed by atoms with E-state index in [1.165, 1.54) is 64.0 Å². The number of aliphatic imine (C=N–C) groups is 1. The summed E-state index contributed by atoms with van der Waals surface area (Å²) in [6.45, 7) is 12.8. The smallest absolute Gasteiger partial charge is 0.193 e. The highest BCUT2D eigenvalue weighted by atomic mass is 127. The van der Waals surface area contributed by atoms with E-state index >= 15 is 0 Å². The molecule has 2 fully saturated rings. The monoisotopic (exact) mass is 513 g/mol. The molecule has 0 spiro atoms. The average molecular weight is 514 g/mol. The SMILES string of the molecule is CN=C(NCCCCN1CCN(Cc2ccccc2)CC1)N1CCCC(C)C1.I. The molecule has 0 radical (unpaired) electrons. The molecule has 1 atom stereocenters. The van der Waals surface area contributed by atoms with Gasteiger partial charge in [0.05, 0.1) is 0 Å². The van der Waals surface area contributed by atoms with E-state index in [0.29, 0.717) is 0 Å². The summed E-state index contributed by atoms with van der Waals surface area (Å²) in [5.74, 6) is 1.88. The molecule has 29 heavy (non-hydrogen) atoms. The summed E-state index contributed by atoms with van der Waals surface area (Å²) in [6.07, 6.45) is 5.12. The highest BCUT2D eigenvalue weighted by molar-refractivity contribution is 14.0. The molecular weight excluding hydrogens is 473 g/mol. The molecule has 164 valence electrons. The normalized spacial score (nSPS) is 21.7. The van der Waals surface area contributed by atoms with Crippen molar-refractivity contribution >= 4 is 29.9 Å². The Bertz CT molecular complexity index is 586. The van der Waals surface area contributed by atoms with E-state index in [1.807, 2.05) is 7.05 Å². The van der Waals surface area contributed by atoms with Gasteiger partial charge in [-0.15, -0.1) is 24.0 Å². The fraction of sp³-hybridized carbons (Fsp3) is 0.696. The minimum atomic E-state index is 0. The molecular formula is C23H40IN5. The van der Waals surface area contributed by atoms with Crippen LogP contribution in [0, 0.1) is 5.92 Å². The first-order valence-electron chi connectivity index (χ1n) is 11.2. The summed E-state index contributed by atoms with van der Waals surface area (Å²) < 4.78 is 0. The van der Waals surface area contributed by atoms with Crippen LogP contribution < -0.4 is 5.32 Å². The summed E-state index contributed by atoms with van der Waals surface area (Å²) in [4.78, 5) is 12.1. The van der Waals surface area contributed by atoms with E-state index in [4.69, 9.17) is 0 Å². The van der Waals surface area contributed by atoms with E-state index in [2.05, 4.69) is 62.3 Å². The zero-order valence-electron chi connectivity index (χ0n) is 18.4. The zero-order chi connectivity index (χ0) is 19.6. The zero-order valence-corrected chi connectivity index (χ0v) is 20.7. The van der Waals surface area contributed by atoms with Crippen molar-refractivity contribution in [1.82, 2.24) is 20.0 Å². The summed E-state index contributed by atoms with van der Waals surface area (Å²) in [6, 6.07) is 10.8. The lowest BCUT2D eigenvalue weighted by atomic mass is 10.0. The molecule has 2 aliphatic heterocycles. The molecule has 0 bridgehead atoms. The first-order chi connectivity index (χ1) is 13.7. The van der Waals surface area contributed by atoms with Crippen LogP contribution in [0.2, 0.25) is 0 Å². The van der Waals surface area contributed by atoms with Crippen LogP contribution in [0.15, 0.2) is 35.3 Å². The van der Waals surface area contributed by atoms with Crippen molar-refractivity contribution in [2.24, 2.45) is 10.9 Å². The maximum absolute atomic E-state index is 4.49. The van der Waals surface area contributed by atoms with Gasteiger partial charge in [0.15, 0.2) is 5.96 Å². The van der Waals surface area contributed by atoms with Gasteiger partial charge in [0.25, 0.3) is 0 Å². The molecule has 5 nitrogen and oxygen atoms in total. The predicted molar refractivity (Wildman–Crippen MR) is 134 cm³/mol. The maximum Gasteiger partial charge on any atom is 0.193 e. The quantitative estimate of drug-likeness (QED) is 0.262. The number of guanidine groups is 1. The number of benzene rings is 1. The van der Waals surface area contributed by atoms with Crippen molar-refractivity contribution in [2.75, 3.05) is 59.4 Å². The summed E-state index contributed by atoms with van der Waals surface area (Å²) in [7, 11) is 1.91. The van der Waals surface area contributed by atoms with Crippen molar-refractivity contribution in [3.63, 3.8) is 0 Å². The average Bonchev–Trinajstić information content (AvgIpc) is 2.73. The molecule has 1 unspecified atom stereocenters. The Balaban J connectivity index is 0.00000300. The summed E-state index contributed by atoms with van der Waals surface area (Å²) in [5, 5.41) is 3.58. The van der Waals surface area contributed by atoms with Crippen LogP contribution >= 0.6 is 24.0 Å². The molecule has 0 saturated carbocycles. The minimum Gasteiger partial charge on any atom is -0.356 e. The fourth-order valence-electron chi connectivity index (χ4n) is 4.39. The van der Waals surface area contributed by atoms with E-state index in [0.717, 1.165) is 38.1 Å².